The molecule has 18 heavy (non-hydrogen) atoms. The lowest BCUT2D eigenvalue weighted by atomic mass is 10.3. The predicted octanol–water partition coefficient (Wildman–Crippen LogP) is -0.204. The highest BCUT2D eigenvalue weighted by molar-refractivity contribution is 5.93. The van der Waals surface area contributed by atoms with Crippen LogP contribution in [-0.2, 0) is 25.4 Å². The molecular formula is C10H14N6O2. The highest BCUT2D eigenvalue weighted by Gasteiger charge is 2.19. The van der Waals surface area contributed by atoms with Gasteiger partial charge in [-0.3, -0.25) is 9.36 Å². The van der Waals surface area contributed by atoms with Gasteiger partial charge in [-0.05, 0) is 6.92 Å². The average Bonchev–Trinajstić information content (AvgIpc) is 2.82. The molecule has 0 amide bonds. The minimum absolute atomic E-state index is 0.0519. The van der Waals surface area contributed by atoms with Crippen LogP contribution in [0.5, 0.6) is 0 Å². The van der Waals surface area contributed by atoms with Crippen LogP contribution in [0.1, 0.15) is 21.9 Å². The van der Waals surface area contributed by atoms with E-state index in [1.165, 1.54) is 9.36 Å². The Morgan fingerprint density at radius 3 is 2.72 bits per heavy atom. The topological polar surface area (TPSA) is 101 Å². The van der Waals surface area contributed by atoms with Crippen molar-refractivity contribution < 1.29 is 9.53 Å². The van der Waals surface area contributed by atoms with Gasteiger partial charge in [0, 0.05) is 14.1 Å². The van der Waals surface area contributed by atoms with Crippen molar-refractivity contribution in [2.45, 2.75) is 13.5 Å². The maximum absolute atomic E-state index is 11.9. The molecule has 0 saturated carbocycles. The van der Waals surface area contributed by atoms with E-state index in [4.69, 9.17) is 10.5 Å². The molecule has 0 aromatic carbocycles. The van der Waals surface area contributed by atoms with Gasteiger partial charge in [-0.15, -0.1) is 5.10 Å². The number of carbonyl (C=O) groups excluding carboxylic acids is 1. The number of rotatable bonds is 3. The number of nitrogens with two attached hydrogens (primary N) is 1. The third kappa shape index (κ3) is 2.17. The molecule has 0 radical (unpaired) electrons. The number of anilines is 1. The Balaban J connectivity index is 2.08. The molecule has 8 heteroatoms. The van der Waals surface area contributed by atoms with E-state index in [0.717, 1.165) is 0 Å². The molecule has 0 saturated heterocycles. The van der Waals surface area contributed by atoms with Gasteiger partial charge in [0.1, 0.15) is 12.3 Å². The largest absolute Gasteiger partial charge is 0.454 e. The van der Waals surface area contributed by atoms with E-state index in [1.54, 1.807) is 27.2 Å². The van der Waals surface area contributed by atoms with Crippen LogP contribution in [0.3, 0.4) is 0 Å². The zero-order chi connectivity index (χ0) is 13.3. The van der Waals surface area contributed by atoms with Gasteiger partial charge < -0.3 is 10.5 Å². The maximum atomic E-state index is 11.9. The smallest absolute Gasteiger partial charge is 0.359 e. The van der Waals surface area contributed by atoms with Crippen molar-refractivity contribution in [3.8, 4) is 0 Å². The first-order chi connectivity index (χ1) is 8.49. The van der Waals surface area contributed by atoms with Crippen LogP contribution in [-0.4, -0.2) is 30.7 Å². The van der Waals surface area contributed by atoms with Crippen LogP contribution < -0.4 is 5.73 Å². The summed E-state index contributed by atoms with van der Waals surface area (Å²) in [6.07, 6.45) is 1.67. The molecule has 96 valence electrons. The second-order valence-corrected chi connectivity index (χ2v) is 3.93. The van der Waals surface area contributed by atoms with Crippen molar-refractivity contribution in [1.82, 2.24) is 24.8 Å². The summed E-state index contributed by atoms with van der Waals surface area (Å²) in [7, 11) is 3.38. The lowest BCUT2D eigenvalue weighted by Crippen LogP contribution is -2.12. The van der Waals surface area contributed by atoms with E-state index < -0.39 is 5.97 Å². The van der Waals surface area contributed by atoms with Gasteiger partial charge in [0.2, 0.25) is 0 Å². The zero-order valence-electron chi connectivity index (χ0n) is 10.4. The van der Waals surface area contributed by atoms with Gasteiger partial charge in [-0.2, -0.15) is 5.10 Å². The van der Waals surface area contributed by atoms with Crippen molar-refractivity contribution in [2.24, 2.45) is 14.1 Å². The Kier molecular flexibility index (Phi) is 3.00. The highest BCUT2D eigenvalue weighted by atomic mass is 16.5. The molecule has 2 heterocycles. The number of nitrogens with zero attached hydrogens (tertiary/aromatic N) is 5. The Morgan fingerprint density at radius 2 is 2.22 bits per heavy atom. The minimum Gasteiger partial charge on any atom is -0.454 e. The number of nitrogen functional groups attached to an aromatic ring is 1. The lowest BCUT2D eigenvalue weighted by molar-refractivity contribution is 0.0456. The molecule has 0 unspecified atom stereocenters. The summed E-state index contributed by atoms with van der Waals surface area (Å²) in [5.41, 5.74) is 7.52. The summed E-state index contributed by atoms with van der Waals surface area (Å²) in [5, 5.41) is 11.6. The fourth-order valence-corrected chi connectivity index (χ4v) is 1.59. The van der Waals surface area contributed by atoms with Gasteiger partial charge >= 0.3 is 5.97 Å². The monoisotopic (exact) mass is 250 g/mol. The van der Waals surface area contributed by atoms with Crippen molar-refractivity contribution in [3.63, 3.8) is 0 Å². The Hall–Kier alpha value is -2.38. The van der Waals surface area contributed by atoms with Crippen LogP contribution in [0.4, 0.5) is 5.69 Å². The molecule has 2 aromatic rings. The quantitative estimate of drug-likeness (QED) is 0.757. The maximum Gasteiger partial charge on any atom is 0.359 e. The van der Waals surface area contributed by atoms with Gasteiger partial charge in [0.15, 0.2) is 5.69 Å². The molecule has 2 rings (SSSR count). The summed E-state index contributed by atoms with van der Waals surface area (Å²) < 4.78 is 8.05. The van der Waals surface area contributed by atoms with E-state index in [1.807, 2.05) is 0 Å². The van der Waals surface area contributed by atoms with E-state index >= 15 is 0 Å². The molecule has 0 aliphatic heterocycles. The summed E-state index contributed by atoms with van der Waals surface area (Å²) >= 11 is 0. The summed E-state index contributed by atoms with van der Waals surface area (Å²) in [4.78, 5) is 11.9. The highest BCUT2D eigenvalue weighted by Crippen LogP contribution is 2.16. The van der Waals surface area contributed by atoms with E-state index in [-0.39, 0.29) is 12.3 Å². The molecule has 0 aliphatic carbocycles. The standard InChI is InChI=1S/C10H14N6O2/c1-6-8(11)9(16(3)13-6)10(17)18-5-7-4-15(2)14-12-7/h4H,5,11H2,1-3H3. The predicted molar refractivity (Wildman–Crippen MR) is 62.5 cm³/mol. The first-order valence-corrected chi connectivity index (χ1v) is 5.30. The molecule has 0 bridgehead atoms. The second-order valence-electron chi connectivity index (χ2n) is 3.93. The third-order valence-corrected chi connectivity index (χ3v) is 2.46. The summed E-state index contributed by atoms with van der Waals surface area (Å²) in [6.45, 7) is 1.78. The number of carbonyl (C=O) groups is 1. The van der Waals surface area contributed by atoms with Crippen LogP contribution in [0.25, 0.3) is 0 Å². The fraction of sp³-hybridized carbons (Fsp3) is 0.400. The number of esters is 1. The van der Waals surface area contributed by atoms with E-state index in [9.17, 15) is 4.79 Å². The molecule has 8 nitrogen and oxygen atoms in total. The van der Waals surface area contributed by atoms with Gasteiger partial charge in [-0.1, -0.05) is 5.21 Å². The molecule has 2 aromatic heterocycles. The Morgan fingerprint density at radius 1 is 1.50 bits per heavy atom. The normalized spacial score (nSPS) is 10.6. The molecule has 0 atom stereocenters. The molecule has 0 aliphatic rings. The third-order valence-electron chi connectivity index (χ3n) is 2.46. The Bertz CT molecular complexity index is 585. The van der Waals surface area contributed by atoms with Crippen LogP contribution >= 0.6 is 0 Å². The number of aromatic nitrogens is 5. The van der Waals surface area contributed by atoms with Crippen LogP contribution in [0, 0.1) is 6.92 Å². The fourth-order valence-electron chi connectivity index (χ4n) is 1.59. The number of ether oxygens (including phenoxy) is 1. The molecule has 0 spiro atoms. The van der Waals surface area contributed by atoms with Gasteiger partial charge in [0.25, 0.3) is 0 Å². The van der Waals surface area contributed by atoms with Crippen LogP contribution in [0.15, 0.2) is 6.20 Å². The van der Waals surface area contributed by atoms with Crippen molar-refractivity contribution >= 4 is 11.7 Å². The minimum atomic E-state index is -0.527. The second kappa shape index (κ2) is 4.47. The first-order valence-electron chi connectivity index (χ1n) is 5.30. The molecule has 2 N–H and O–H groups in total. The summed E-state index contributed by atoms with van der Waals surface area (Å²) in [6, 6.07) is 0. The first kappa shape index (κ1) is 12.1. The molecular weight excluding hydrogens is 236 g/mol. The zero-order valence-corrected chi connectivity index (χ0v) is 10.4. The van der Waals surface area contributed by atoms with Gasteiger partial charge in [-0.25, -0.2) is 4.79 Å². The number of aryl methyl sites for hydroxylation is 3. The van der Waals surface area contributed by atoms with Crippen molar-refractivity contribution in [3.05, 3.63) is 23.3 Å². The van der Waals surface area contributed by atoms with Crippen LogP contribution in [0.2, 0.25) is 0 Å². The number of hydrogen-bond donors (Lipinski definition) is 1. The SMILES string of the molecule is Cc1nn(C)c(C(=O)OCc2cn(C)nn2)c1N. The average molecular weight is 250 g/mol. The lowest BCUT2D eigenvalue weighted by Gasteiger charge is -2.03. The van der Waals surface area contributed by atoms with E-state index in [2.05, 4.69) is 15.4 Å². The molecule has 0 fully saturated rings. The van der Waals surface area contributed by atoms with Gasteiger partial charge in [0.05, 0.1) is 17.6 Å². The van der Waals surface area contributed by atoms with Crippen molar-refractivity contribution in [2.75, 3.05) is 5.73 Å². The summed E-state index contributed by atoms with van der Waals surface area (Å²) in [5.74, 6) is -0.527. The number of hydrogen-bond acceptors (Lipinski definition) is 6. The van der Waals surface area contributed by atoms with E-state index in [0.29, 0.717) is 17.1 Å². The van der Waals surface area contributed by atoms with Crippen molar-refractivity contribution in [1.29, 1.82) is 0 Å². The Labute approximate surface area is 103 Å².